The Kier molecular flexibility index (Phi) is 9.96. The first-order valence-corrected chi connectivity index (χ1v) is 19.6. The summed E-state index contributed by atoms with van der Waals surface area (Å²) in [4.78, 5) is 0. The number of aryl methyl sites for hydroxylation is 4. The fourth-order valence-electron chi connectivity index (χ4n) is 8.53. The van der Waals surface area contributed by atoms with Crippen molar-refractivity contribution in [3.05, 3.63) is 155 Å². The highest BCUT2D eigenvalue weighted by atomic mass is 19.4. The average molecular weight is 843 g/mol. The first kappa shape index (κ1) is 40.2. The number of benzene rings is 4. The Morgan fingerprint density at radius 3 is 1.52 bits per heavy atom. The van der Waals surface area contributed by atoms with Crippen molar-refractivity contribution in [2.75, 3.05) is 0 Å². The quantitative estimate of drug-likeness (QED) is 0.155. The van der Waals surface area contributed by atoms with Gasteiger partial charge in [0.2, 0.25) is 0 Å². The monoisotopic (exact) mass is 842 g/mol. The first-order chi connectivity index (χ1) is 29.8. The molecule has 0 N–H and O–H groups in total. The zero-order chi connectivity index (χ0) is 43.5. The molecule has 0 saturated heterocycles. The van der Waals surface area contributed by atoms with Gasteiger partial charge in [0.05, 0.1) is 17.1 Å². The minimum absolute atomic E-state index is 0.217. The Labute approximate surface area is 351 Å². The highest BCUT2D eigenvalue weighted by Gasteiger charge is 2.44. The number of halogens is 6. The maximum absolute atomic E-state index is 14.2. The lowest BCUT2D eigenvalue weighted by Crippen LogP contribution is -2.10. The van der Waals surface area contributed by atoms with E-state index in [0.717, 1.165) is 50.2 Å². The van der Waals surface area contributed by atoms with E-state index in [-0.39, 0.29) is 28.6 Å². The van der Waals surface area contributed by atoms with Crippen molar-refractivity contribution in [3.63, 3.8) is 0 Å². The number of aromatic nitrogens is 6. The Morgan fingerprint density at radius 1 is 0.532 bits per heavy atom. The van der Waals surface area contributed by atoms with Gasteiger partial charge in [0.1, 0.15) is 28.2 Å². The third-order valence-electron chi connectivity index (χ3n) is 11.3. The van der Waals surface area contributed by atoms with Crippen LogP contribution in [-0.2, 0) is 52.1 Å². The summed E-state index contributed by atoms with van der Waals surface area (Å²) in [6.45, 7) is 7.60. The molecule has 4 heterocycles. The average Bonchev–Trinajstić information content (AvgIpc) is 4.06. The fraction of sp³-hybridized carbons (Fsp3) is 0.167. The number of hydrogen-bond acceptors (Lipinski definition) is 6. The van der Waals surface area contributed by atoms with Crippen molar-refractivity contribution in [1.29, 1.82) is 0 Å². The highest BCUT2D eigenvalue weighted by Crippen LogP contribution is 2.48. The second-order valence-electron chi connectivity index (χ2n) is 15.0. The SMILES string of the molecule is C=Cc1ccc2c(c1)CCc1c(-c3noc(-c4ccccc4)c3C(F)(F)F)nn(C)c1-2.C=Cc1ccc2c(c1)CCc1c-2nn(C)c1-c1noc(-c2ccccc2)c1C(F)(F)F. The van der Waals surface area contributed by atoms with Crippen molar-refractivity contribution in [2.24, 2.45) is 14.1 Å². The summed E-state index contributed by atoms with van der Waals surface area (Å²) in [6, 6.07) is 28.3. The number of hydrogen-bond donors (Lipinski definition) is 0. The summed E-state index contributed by atoms with van der Waals surface area (Å²) >= 11 is 0. The minimum atomic E-state index is -4.64. The summed E-state index contributed by atoms with van der Waals surface area (Å²) < 4.78 is 98.5. The Bertz CT molecular complexity index is 3000. The molecule has 0 saturated carbocycles. The molecule has 0 radical (unpaired) electrons. The van der Waals surface area contributed by atoms with Crippen LogP contribution in [0.25, 0.3) is 80.1 Å². The van der Waals surface area contributed by atoms with E-state index >= 15 is 0 Å². The molecular formula is C48H36F6N6O2. The highest BCUT2D eigenvalue weighted by molar-refractivity contribution is 5.83. The normalized spacial score (nSPS) is 13.0. The number of rotatable bonds is 6. The summed E-state index contributed by atoms with van der Waals surface area (Å²) in [5.41, 5.74) is 8.06. The van der Waals surface area contributed by atoms with Crippen LogP contribution < -0.4 is 0 Å². The van der Waals surface area contributed by atoms with Crippen molar-refractivity contribution in [1.82, 2.24) is 29.9 Å². The van der Waals surface area contributed by atoms with E-state index in [2.05, 4.69) is 39.7 Å². The topological polar surface area (TPSA) is 87.7 Å². The molecule has 0 aliphatic heterocycles. The minimum Gasteiger partial charge on any atom is -0.355 e. The lowest BCUT2D eigenvalue weighted by Gasteiger charge is -2.18. The van der Waals surface area contributed by atoms with Gasteiger partial charge in [-0.3, -0.25) is 9.36 Å². The molecule has 4 aromatic carbocycles. The van der Waals surface area contributed by atoms with E-state index < -0.39 is 23.5 Å². The van der Waals surface area contributed by atoms with Gasteiger partial charge in [0, 0.05) is 47.5 Å². The zero-order valence-corrected chi connectivity index (χ0v) is 33.4. The van der Waals surface area contributed by atoms with Crippen LogP contribution in [0.2, 0.25) is 0 Å². The smallest absolute Gasteiger partial charge is 0.355 e. The van der Waals surface area contributed by atoms with Crippen LogP contribution in [0.1, 0.15) is 44.5 Å². The van der Waals surface area contributed by atoms with E-state index in [4.69, 9.17) is 9.05 Å². The molecule has 2 aliphatic rings. The fourth-order valence-corrected chi connectivity index (χ4v) is 8.53. The van der Waals surface area contributed by atoms with E-state index in [9.17, 15) is 26.3 Å². The van der Waals surface area contributed by atoms with Gasteiger partial charge < -0.3 is 9.05 Å². The van der Waals surface area contributed by atoms with Gasteiger partial charge in [-0.05, 0) is 47.9 Å². The Balaban J connectivity index is 0.000000158. The van der Waals surface area contributed by atoms with Gasteiger partial charge in [-0.25, -0.2) is 0 Å². The molecule has 14 heteroatoms. The molecule has 0 spiro atoms. The Morgan fingerprint density at radius 2 is 0.984 bits per heavy atom. The van der Waals surface area contributed by atoms with Crippen LogP contribution in [-0.4, -0.2) is 29.9 Å². The molecule has 0 fully saturated rings. The van der Waals surface area contributed by atoms with Crippen LogP contribution in [0.4, 0.5) is 26.3 Å². The standard InChI is InChI=1S/2C24H18F3N3O/c1-3-14-9-11-17-16(13-14)10-12-18-20(28-30(2)22(17)18)21-19(24(25,26)27)23(31-29-21)15-7-5-4-6-8-15;1-3-14-9-11-17-16(13-14)10-12-18-20(17)28-30(2)22(18)21-19(24(25,26)27)23(31-29-21)15-7-5-4-6-8-15/h2*3-9,11,13H,1,10,12H2,2H3. The van der Waals surface area contributed by atoms with Crippen LogP contribution in [0, 0.1) is 0 Å². The van der Waals surface area contributed by atoms with E-state index in [0.29, 0.717) is 48.2 Å². The van der Waals surface area contributed by atoms with Gasteiger partial charge in [-0.2, -0.15) is 36.5 Å². The predicted molar refractivity (Wildman–Crippen MR) is 224 cm³/mol. The van der Waals surface area contributed by atoms with E-state index in [1.54, 1.807) is 91.6 Å². The van der Waals surface area contributed by atoms with Gasteiger partial charge in [-0.15, -0.1) is 0 Å². The largest absolute Gasteiger partial charge is 0.422 e. The van der Waals surface area contributed by atoms with Gasteiger partial charge in [0.15, 0.2) is 11.5 Å². The van der Waals surface area contributed by atoms with Gasteiger partial charge in [0.25, 0.3) is 0 Å². The van der Waals surface area contributed by atoms with Crippen molar-refractivity contribution >= 4 is 12.2 Å². The van der Waals surface area contributed by atoms with Crippen molar-refractivity contribution in [3.8, 4) is 67.9 Å². The third-order valence-corrected chi connectivity index (χ3v) is 11.3. The second-order valence-corrected chi connectivity index (χ2v) is 15.0. The first-order valence-electron chi connectivity index (χ1n) is 19.6. The predicted octanol–water partition coefficient (Wildman–Crippen LogP) is 12.3. The van der Waals surface area contributed by atoms with E-state index in [1.165, 1.54) is 4.68 Å². The van der Waals surface area contributed by atoms with Gasteiger partial charge in [-0.1, -0.05) is 133 Å². The molecule has 8 nitrogen and oxygen atoms in total. The summed E-state index contributed by atoms with van der Waals surface area (Å²) in [5, 5.41) is 16.8. The number of fused-ring (bicyclic) bond motifs is 6. The summed E-state index contributed by atoms with van der Waals surface area (Å²) in [6.07, 6.45) is -3.19. The van der Waals surface area contributed by atoms with Crippen molar-refractivity contribution in [2.45, 2.75) is 38.0 Å². The maximum atomic E-state index is 14.2. The number of alkyl halides is 6. The van der Waals surface area contributed by atoms with Crippen LogP contribution >= 0.6 is 0 Å². The van der Waals surface area contributed by atoms with Crippen LogP contribution in [0.15, 0.2) is 119 Å². The lowest BCUT2D eigenvalue weighted by atomic mass is 9.87. The molecule has 0 bridgehead atoms. The summed E-state index contributed by atoms with van der Waals surface area (Å²) in [5.74, 6) is -0.584. The second kappa shape index (κ2) is 15.4. The zero-order valence-electron chi connectivity index (χ0n) is 33.4. The van der Waals surface area contributed by atoms with E-state index in [1.807, 2.05) is 30.3 Å². The molecule has 312 valence electrons. The van der Waals surface area contributed by atoms with Gasteiger partial charge >= 0.3 is 12.4 Å². The number of nitrogens with zero attached hydrogens (tertiary/aromatic N) is 6. The molecule has 10 rings (SSSR count). The molecule has 62 heavy (non-hydrogen) atoms. The molecule has 4 aromatic heterocycles. The molecule has 0 amide bonds. The maximum Gasteiger partial charge on any atom is 0.422 e. The summed E-state index contributed by atoms with van der Waals surface area (Å²) in [7, 11) is 3.38. The van der Waals surface area contributed by atoms with Crippen LogP contribution in [0.3, 0.4) is 0 Å². The van der Waals surface area contributed by atoms with Crippen LogP contribution in [0.5, 0.6) is 0 Å². The third kappa shape index (κ3) is 6.94. The lowest BCUT2D eigenvalue weighted by molar-refractivity contribution is -0.137. The molecule has 0 atom stereocenters. The molecule has 2 aliphatic carbocycles. The van der Waals surface area contributed by atoms with Crippen molar-refractivity contribution < 1.29 is 35.4 Å². The molecule has 8 aromatic rings. The molecule has 0 unspecified atom stereocenters. The Hall–Kier alpha value is -7.22. The molecular weight excluding hydrogens is 807 g/mol.